The van der Waals surface area contributed by atoms with Crippen LogP contribution in [0.25, 0.3) is 11.1 Å². The Bertz CT molecular complexity index is 532. The van der Waals surface area contributed by atoms with Crippen molar-refractivity contribution in [2.24, 2.45) is 5.92 Å². The molecular weight excluding hydrogens is 244 g/mol. The monoisotopic (exact) mass is 262 g/mol. The number of rotatable bonds is 5. The summed E-state index contributed by atoms with van der Waals surface area (Å²) in [5.74, 6) is 0.282. The number of oxazole rings is 1. The zero-order valence-electron chi connectivity index (χ0n) is 11.4. The molecule has 0 radical (unpaired) electrons. The smallest absolute Gasteiger partial charge is 0.309 e. The van der Waals surface area contributed by atoms with Gasteiger partial charge in [0.1, 0.15) is 5.52 Å². The SMILES string of the molecule is COC(=O)C(C)CN(C)Cc1nc2ccccc2o1. The van der Waals surface area contributed by atoms with Gasteiger partial charge in [-0.15, -0.1) is 0 Å². The van der Waals surface area contributed by atoms with Gasteiger partial charge in [-0.25, -0.2) is 4.98 Å². The van der Waals surface area contributed by atoms with Crippen molar-refractivity contribution in [3.05, 3.63) is 30.2 Å². The van der Waals surface area contributed by atoms with Crippen molar-refractivity contribution in [1.82, 2.24) is 9.88 Å². The van der Waals surface area contributed by atoms with Gasteiger partial charge < -0.3 is 9.15 Å². The molecule has 1 aromatic heterocycles. The second-order valence-corrected chi connectivity index (χ2v) is 4.70. The van der Waals surface area contributed by atoms with E-state index in [-0.39, 0.29) is 11.9 Å². The molecule has 0 aliphatic heterocycles. The number of nitrogens with zero attached hydrogens (tertiary/aromatic N) is 2. The van der Waals surface area contributed by atoms with E-state index in [0.29, 0.717) is 19.0 Å². The second kappa shape index (κ2) is 5.84. The van der Waals surface area contributed by atoms with Gasteiger partial charge in [0, 0.05) is 6.54 Å². The van der Waals surface area contributed by atoms with Crippen LogP contribution in [0.3, 0.4) is 0 Å². The lowest BCUT2D eigenvalue weighted by Gasteiger charge is -2.18. The number of carbonyl (C=O) groups is 1. The summed E-state index contributed by atoms with van der Waals surface area (Å²) < 4.78 is 10.3. The molecule has 1 unspecified atom stereocenters. The van der Waals surface area contributed by atoms with E-state index in [0.717, 1.165) is 11.1 Å². The van der Waals surface area contributed by atoms with E-state index in [4.69, 9.17) is 9.15 Å². The average molecular weight is 262 g/mol. The minimum absolute atomic E-state index is 0.167. The Morgan fingerprint density at radius 2 is 2.21 bits per heavy atom. The van der Waals surface area contributed by atoms with Gasteiger partial charge in [-0.1, -0.05) is 19.1 Å². The van der Waals surface area contributed by atoms with Gasteiger partial charge in [0.25, 0.3) is 0 Å². The van der Waals surface area contributed by atoms with Gasteiger partial charge in [0.15, 0.2) is 5.58 Å². The molecule has 5 heteroatoms. The second-order valence-electron chi connectivity index (χ2n) is 4.70. The highest BCUT2D eigenvalue weighted by molar-refractivity contribution is 5.72. The fourth-order valence-electron chi connectivity index (χ4n) is 2.03. The van der Waals surface area contributed by atoms with Crippen molar-refractivity contribution in [2.45, 2.75) is 13.5 Å². The lowest BCUT2D eigenvalue weighted by Crippen LogP contribution is -2.29. The highest BCUT2D eigenvalue weighted by Crippen LogP contribution is 2.16. The largest absolute Gasteiger partial charge is 0.469 e. The number of fused-ring (bicyclic) bond motifs is 1. The molecule has 2 aromatic rings. The Kier molecular flexibility index (Phi) is 4.16. The number of aromatic nitrogens is 1. The summed E-state index contributed by atoms with van der Waals surface area (Å²) in [7, 11) is 3.33. The predicted molar refractivity (Wildman–Crippen MR) is 71.5 cm³/mol. The number of esters is 1. The summed E-state index contributed by atoms with van der Waals surface area (Å²) in [4.78, 5) is 17.7. The lowest BCUT2D eigenvalue weighted by molar-refractivity contribution is -0.145. The van der Waals surface area contributed by atoms with Crippen molar-refractivity contribution in [3.63, 3.8) is 0 Å². The molecule has 0 spiro atoms. The van der Waals surface area contributed by atoms with Crippen molar-refractivity contribution >= 4 is 17.1 Å². The van der Waals surface area contributed by atoms with Gasteiger partial charge in [0.05, 0.1) is 19.6 Å². The first-order valence-corrected chi connectivity index (χ1v) is 6.21. The zero-order chi connectivity index (χ0) is 13.8. The van der Waals surface area contributed by atoms with E-state index in [9.17, 15) is 4.79 Å². The van der Waals surface area contributed by atoms with Crippen LogP contribution in [-0.2, 0) is 16.1 Å². The van der Waals surface area contributed by atoms with E-state index in [1.807, 2.05) is 43.1 Å². The number of benzene rings is 1. The Hall–Kier alpha value is -1.88. The molecule has 2 rings (SSSR count). The van der Waals surface area contributed by atoms with Crippen LogP contribution in [0.1, 0.15) is 12.8 Å². The molecule has 1 atom stereocenters. The van der Waals surface area contributed by atoms with Gasteiger partial charge in [-0.05, 0) is 19.2 Å². The van der Waals surface area contributed by atoms with Crippen molar-refractivity contribution < 1.29 is 13.9 Å². The normalized spacial score (nSPS) is 12.8. The fraction of sp³-hybridized carbons (Fsp3) is 0.429. The number of methoxy groups -OCH3 is 1. The molecule has 0 aliphatic rings. The number of carbonyl (C=O) groups excluding carboxylic acids is 1. The summed E-state index contributed by atoms with van der Waals surface area (Å²) in [6.45, 7) is 3.01. The van der Waals surface area contributed by atoms with E-state index in [1.54, 1.807) is 0 Å². The first-order valence-electron chi connectivity index (χ1n) is 6.21. The maximum atomic E-state index is 11.4. The number of para-hydroxylation sites is 2. The van der Waals surface area contributed by atoms with Gasteiger partial charge in [-0.3, -0.25) is 9.69 Å². The molecule has 102 valence electrons. The Morgan fingerprint density at radius 3 is 2.89 bits per heavy atom. The molecule has 1 heterocycles. The molecule has 0 aliphatic carbocycles. The first-order chi connectivity index (χ1) is 9.10. The van der Waals surface area contributed by atoms with Crippen LogP contribution in [-0.4, -0.2) is 36.6 Å². The summed E-state index contributed by atoms with van der Waals surface area (Å²) in [6, 6.07) is 7.65. The molecule has 0 bridgehead atoms. The molecule has 0 saturated heterocycles. The molecular formula is C14H18N2O3. The average Bonchev–Trinajstić information content (AvgIpc) is 2.79. The third kappa shape index (κ3) is 3.32. The molecule has 5 nitrogen and oxygen atoms in total. The summed E-state index contributed by atoms with van der Waals surface area (Å²) >= 11 is 0. The van der Waals surface area contributed by atoms with Crippen LogP contribution in [0.2, 0.25) is 0 Å². The third-order valence-electron chi connectivity index (χ3n) is 2.93. The number of hydrogen-bond donors (Lipinski definition) is 0. The van der Waals surface area contributed by atoms with Gasteiger partial charge in [0.2, 0.25) is 5.89 Å². The van der Waals surface area contributed by atoms with Crippen LogP contribution in [0, 0.1) is 5.92 Å². The molecule has 0 N–H and O–H groups in total. The predicted octanol–water partition coefficient (Wildman–Crippen LogP) is 2.07. The lowest BCUT2D eigenvalue weighted by atomic mass is 10.2. The highest BCUT2D eigenvalue weighted by atomic mass is 16.5. The van der Waals surface area contributed by atoms with E-state index >= 15 is 0 Å². The molecule has 19 heavy (non-hydrogen) atoms. The molecule has 1 aromatic carbocycles. The summed E-state index contributed by atoms with van der Waals surface area (Å²) in [5, 5.41) is 0. The topological polar surface area (TPSA) is 55.6 Å². The maximum absolute atomic E-state index is 11.4. The van der Waals surface area contributed by atoms with Crippen LogP contribution in [0.5, 0.6) is 0 Å². The van der Waals surface area contributed by atoms with Crippen molar-refractivity contribution in [3.8, 4) is 0 Å². The Morgan fingerprint density at radius 1 is 1.47 bits per heavy atom. The van der Waals surface area contributed by atoms with Gasteiger partial charge in [-0.2, -0.15) is 0 Å². The molecule has 0 saturated carbocycles. The van der Waals surface area contributed by atoms with E-state index in [2.05, 4.69) is 4.98 Å². The summed E-state index contributed by atoms with van der Waals surface area (Å²) in [6.07, 6.45) is 0. The van der Waals surface area contributed by atoms with E-state index < -0.39 is 0 Å². The van der Waals surface area contributed by atoms with Gasteiger partial charge >= 0.3 is 5.97 Å². The van der Waals surface area contributed by atoms with Crippen molar-refractivity contribution in [1.29, 1.82) is 0 Å². The Labute approximate surface area is 112 Å². The van der Waals surface area contributed by atoms with Crippen LogP contribution in [0.4, 0.5) is 0 Å². The minimum atomic E-state index is -0.204. The van der Waals surface area contributed by atoms with Crippen molar-refractivity contribution in [2.75, 3.05) is 20.7 Å². The third-order valence-corrected chi connectivity index (χ3v) is 2.93. The summed E-state index contributed by atoms with van der Waals surface area (Å²) in [5.41, 5.74) is 1.64. The standard InChI is InChI=1S/C14H18N2O3/c1-10(14(17)18-3)8-16(2)9-13-15-11-6-4-5-7-12(11)19-13/h4-7,10H,8-9H2,1-3H3. The number of hydrogen-bond acceptors (Lipinski definition) is 5. The maximum Gasteiger partial charge on any atom is 0.309 e. The number of ether oxygens (including phenoxy) is 1. The minimum Gasteiger partial charge on any atom is -0.469 e. The molecule has 0 fully saturated rings. The quantitative estimate of drug-likeness (QED) is 0.772. The van der Waals surface area contributed by atoms with Crippen LogP contribution in [0.15, 0.2) is 28.7 Å². The molecule has 0 amide bonds. The van der Waals surface area contributed by atoms with E-state index in [1.165, 1.54) is 7.11 Å². The zero-order valence-corrected chi connectivity index (χ0v) is 11.4. The Balaban J connectivity index is 1.98. The first kappa shape index (κ1) is 13.5. The highest BCUT2D eigenvalue weighted by Gasteiger charge is 2.16. The van der Waals surface area contributed by atoms with Crippen LogP contribution >= 0.6 is 0 Å². The fourth-order valence-corrected chi connectivity index (χ4v) is 2.03. The van der Waals surface area contributed by atoms with Crippen LogP contribution < -0.4 is 0 Å².